The van der Waals surface area contributed by atoms with Gasteiger partial charge in [0.15, 0.2) is 11.5 Å². The van der Waals surface area contributed by atoms with Crippen molar-refractivity contribution in [2.45, 2.75) is 19.1 Å². The van der Waals surface area contributed by atoms with Crippen LogP contribution in [0.1, 0.15) is 29.2 Å². The summed E-state index contributed by atoms with van der Waals surface area (Å²) in [5.74, 6) is 0.0667. The van der Waals surface area contributed by atoms with E-state index in [1.165, 1.54) is 0 Å². The molecule has 5 rings (SSSR count). The Labute approximate surface area is 228 Å². The lowest BCUT2D eigenvalue weighted by Gasteiger charge is -2.26. The first kappa shape index (κ1) is 26.3. The minimum absolute atomic E-state index is 0.0433. The van der Waals surface area contributed by atoms with Gasteiger partial charge in [-0.3, -0.25) is 9.59 Å². The number of aliphatic hydroxyl groups excluding tert-OH is 1. The zero-order chi connectivity index (χ0) is 27.4. The van der Waals surface area contributed by atoms with Gasteiger partial charge in [-0.1, -0.05) is 42.5 Å². The molecule has 1 atom stereocenters. The lowest BCUT2D eigenvalue weighted by Crippen LogP contribution is -2.32. The lowest BCUT2D eigenvalue weighted by atomic mass is 9.95. The number of fused-ring (bicyclic) bond motifs is 1. The Morgan fingerprint density at radius 1 is 0.974 bits per heavy atom. The Balaban J connectivity index is 1.52. The number of benzene rings is 3. The molecule has 2 aliphatic rings. The van der Waals surface area contributed by atoms with Crippen molar-refractivity contribution in [3.63, 3.8) is 0 Å². The zero-order valence-electron chi connectivity index (χ0n) is 22.1. The van der Waals surface area contributed by atoms with E-state index in [0.717, 1.165) is 12.1 Å². The third kappa shape index (κ3) is 5.76. The van der Waals surface area contributed by atoms with Gasteiger partial charge in [-0.05, 0) is 68.5 Å². The van der Waals surface area contributed by atoms with Gasteiger partial charge in [0.1, 0.15) is 31.3 Å². The maximum atomic E-state index is 13.4. The van der Waals surface area contributed by atoms with Gasteiger partial charge in [-0.2, -0.15) is 0 Å². The van der Waals surface area contributed by atoms with Crippen molar-refractivity contribution >= 4 is 17.4 Å². The van der Waals surface area contributed by atoms with E-state index in [1.54, 1.807) is 23.1 Å². The molecule has 0 unspecified atom stereocenters. The molecule has 0 bridgehead atoms. The highest BCUT2D eigenvalue weighted by Crippen LogP contribution is 2.41. The number of likely N-dealkylation sites (tertiary alicyclic amines) is 1. The first-order valence-electron chi connectivity index (χ1n) is 13.0. The second kappa shape index (κ2) is 11.6. The molecule has 1 amide bonds. The Bertz CT molecular complexity index is 1380. The third-order valence-corrected chi connectivity index (χ3v) is 6.78. The van der Waals surface area contributed by atoms with E-state index in [9.17, 15) is 14.7 Å². The summed E-state index contributed by atoms with van der Waals surface area (Å²) in [6.07, 6.45) is 0.671. The topological polar surface area (TPSA) is 88.5 Å². The standard InChI is InChI=1S/C31H32N2O6/c1-32(2)14-7-15-33-28(22-10-6-11-24(18-22)39-20-21-8-4-3-5-9-21)27(30(35)31(33)36)29(34)23-12-13-25-26(19-23)38-17-16-37-25/h3-6,8-13,18-19,28,34H,7,14-17,20H2,1-2H3/t28-/m1/s1. The van der Waals surface area contributed by atoms with Gasteiger partial charge in [0, 0.05) is 12.1 Å². The van der Waals surface area contributed by atoms with Crippen molar-refractivity contribution in [3.05, 3.63) is 95.1 Å². The molecule has 1 fully saturated rings. The molecule has 3 aromatic rings. The molecular weight excluding hydrogens is 496 g/mol. The smallest absolute Gasteiger partial charge is 0.295 e. The second-order valence-electron chi connectivity index (χ2n) is 9.85. The van der Waals surface area contributed by atoms with Crippen molar-refractivity contribution in [1.29, 1.82) is 0 Å². The van der Waals surface area contributed by atoms with Crippen LogP contribution in [-0.4, -0.2) is 67.0 Å². The quantitative estimate of drug-likeness (QED) is 0.250. The van der Waals surface area contributed by atoms with Crippen molar-refractivity contribution < 1.29 is 28.9 Å². The zero-order valence-corrected chi connectivity index (χ0v) is 22.1. The molecule has 39 heavy (non-hydrogen) atoms. The highest BCUT2D eigenvalue weighted by molar-refractivity contribution is 6.46. The molecule has 0 aromatic heterocycles. The van der Waals surface area contributed by atoms with Crippen molar-refractivity contribution in [2.75, 3.05) is 40.4 Å². The minimum atomic E-state index is -0.763. The summed E-state index contributed by atoms with van der Waals surface area (Å²) in [5.41, 5.74) is 2.13. The van der Waals surface area contributed by atoms with Gasteiger partial charge in [0.05, 0.1) is 11.6 Å². The molecule has 0 radical (unpaired) electrons. The first-order chi connectivity index (χ1) is 18.9. The Hall–Kier alpha value is -4.30. The summed E-state index contributed by atoms with van der Waals surface area (Å²) < 4.78 is 17.3. The van der Waals surface area contributed by atoms with Crippen LogP contribution in [0.2, 0.25) is 0 Å². The van der Waals surface area contributed by atoms with Crippen molar-refractivity contribution in [1.82, 2.24) is 9.80 Å². The molecule has 202 valence electrons. The van der Waals surface area contributed by atoms with Crippen LogP contribution in [0.5, 0.6) is 17.2 Å². The number of hydrogen-bond acceptors (Lipinski definition) is 7. The van der Waals surface area contributed by atoms with Gasteiger partial charge in [-0.15, -0.1) is 0 Å². The molecule has 8 nitrogen and oxygen atoms in total. The Morgan fingerprint density at radius 3 is 2.51 bits per heavy atom. The summed E-state index contributed by atoms with van der Waals surface area (Å²) in [5, 5.41) is 11.4. The molecule has 1 N–H and O–H groups in total. The summed E-state index contributed by atoms with van der Waals surface area (Å²) in [7, 11) is 3.92. The summed E-state index contributed by atoms with van der Waals surface area (Å²) in [6.45, 7) is 2.32. The van der Waals surface area contributed by atoms with E-state index >= 15 is 0 Å². The van der Waals surface area contributed by atoms with Gasteiger partial charge in [0.2, 0.25) is 0 Å². The number of Topliss-reactive ketones (excluding diaryl/α,β-unsaturated/α-hetero) is 1. The van der Waals surface area contributed by atoms with Crippen LogP contribution in [0.15, 0.2) is 78.4 Å². The number of carbonyl (C=O) groups excluding carboxylic acids is 2. The number of carbonyl (C=O) groups is 2. The average molecular weight is 529 g/mol. The van der Waals surface area contributed by atoms with E-state index < -0.39 is 17.7 Å². The average Bonchev–Trinajstić information content (AvgIpc) is 3.21. The Morgan fingerprint density at radius 2 is 1.74 bits per heavy atom. The summed E-state index contributed by atoms with van der Waals surface area (Å²) in [6, 6.07) is 21.4. The van der Waals surface area contributed by atoms with Crippen LogP contribution < -0.4 is 14.2 Å². The Kier molecular flexibility index (Phi) is 7.84. The molecule has 8 heteroatoms. The number of ether oxygens (including phenoxy) is 3. The number of hydrogen-bond donors (Lipinski definition) is 1. The normalized spacial score (nSPS) is 18.0. The molecule has 2 heterocycles. The van der Waals surface area contributed by atoms with Crippen LogP contribution in [0, 0.1) is 0 Å². The highest BCUT2D eigenvalue weighted by atomic mass is 16.6. The SMILES string of the molecule is CN(C)CCCN1C(=O)C(=O)C(=C(O)c2ccc3c(c2)OCCO3)[C@H]1c1cccc(OCc2ccccc2)c1. The molecule has 0 aliphatic carbocycles. The minimum Gasteiger partial charge on any atom is -0.507 e. The maximum absolute atomic E-state index is 13.4. The van der Waals surface area contributed by atoms with Crippen LogP contribution >= 0.6 is 0 Å². The molecule has 0 spiro atoms. The fourth-order valence-electron chi connectivity index (χ4n) is 4.88. The largest absolute Gasteiger partial charge is 0.507 e. The van der Waals surface area contributed by atoms with E-state index in [1.807, 2.05) is 73.6 Å². The van der Waals surface area contributed by atoms with Gasteiger partial charge >= 0.3 is 0 Å². The van der Waals surface area contributed by atoms with Crippen LogP contribution in [-0.2, 0) is 16.2 Å². The predicted octanol–water partition coefficient (Wildman–Crippen LogP) is 4.41. The molecule has 1 saturated heterocycles. The highest BCUT2D eigenvalue weighted by Gasteiger charge is 2.46. The predicted molar refractivity (Wildman–Crippen MR) is 147 cm³/mol. The fraction of sp³-hybridized carbons (Fsp3) is 0.290. The van der Waals surface area contributed by atoms with Gasteiger partial charge in [-0.25, -0.2) is 0 Å². The van der Waals surface area contributed by atoms with E-state index in [4.69, 9.17) is 14.2 Å². The molecule has 2 aliphatic heterocycles. The van der Waals surface area contributed by atoms with Crippen LogP contribution in [0.25, 0.3) is 5.76 Å². The molecular formula is C31H32N2O6. The van der Waals surface area contributed by atoms with Crippen molar-refractivity contribution in [2.24, 2.45) is 0 Å². The molecule has 3 aromatic carbocycles. The first-order valence-corrected chi connectivity index (χ1v) is 13.0. The van der Waals surface area contributed by atoms with Gasteiger partial charge < -0.3 is 29.1 Å². The maximum Gasteiger partial charge on any atom is 0.295 e. The van der Waals surface area contributed by atoms with Crippen LogP contribution in [0.3, 0.4) is 0 Å². The summed E-state index contributed by atoms with van der Waals surface area (Å²) in [4.78, 5) is 30.2. The number of aliphatic hydroxyl groups is 1. The van der Waals surface area contributed by atoms with E-state index in [-0.39, 0.29) is 11.3 Å². The number of ketones is 1. The third-order valence-electron chi connectivity index (χ3n) is 6.78. The lowest BCUT2D eigenvalue weighted by molar-refractivity contribution is -0.139. The van der Waals surface area contributed by atoms with Crippen molar-refractivity contribution in [3.8, 4) is 17.2 Å². The van der Waals surface area contributed by atoms with E-state index in [0.29, 0.717) is 61.2 Å². The van der Waals surface area contributed by atoms with Gasteiger partial charge in [0.25, 0.3) is 11.7 Å². The molecule has 0 saturated carbocycles. The monoisotopic (exact) mass is 528 g/mol. The van der Waals surface area contributed by atoms with E-state index in [2.05, 4.69) is 0 Å². The summed E-state index contributed by atoms with van der Waals surface area (Å²) >= 11 is 0. The van der Waals surface area contributed by atoms with Crippen LogP contribution in [0.4, 0.5) is 0 Å². The number of nitrogens with zero attached hydrogens (tertiary/aromatic N) is 2. The fourth-order valence-corrected chi connectivity index (χ4v) is 4.88. The number of amides is 1. The second-order valence-corrected chi connectivity index (χ2v) is 9.85. The number of rotatable bonds is 9.